The summed E-state index contributed by atoms with van der Waals surface area (Å²) in [6.45, 7) is 0. The Hall–Kier alpha value is -1.75. The van der Waals surface area contributed by atoms with Gasteiger partial charge in [0.15, 0.2) is 11.6 Å². The second kappa shape index (κ2) is 6.80. The number of Topliss-reactive ketones (excluding diaryl/α,β-unsaturated/α-hetero) is 1. The molecule has 0 aliphatic rings. The average molecular weight is 355 g/mol. The van der Waals surface area contributed by atoms with Crippen molar-refractivity contribution in [1.29, 1.82) is 0 Å². The van der Waals surface area contributed by atoms with E-state index in [-0.39, 0.29) is 24.2 Å². The highest BCUT2D eigenvalue weighted by atomic mass is 79.9. The van der Waals surface area contributed by atoms with Gasteiger partial charge in [0.05, 0.1) is 7.11 Å². The van der Waals surface area contributed by atoms with E-state index in [2.05, 4.69) is 15.9 Å². The summed E-state index contributed by atoms with van der Waals surface area (Å²) in [5.74, 6) is -1.47. The van der Waals surface area contributed by atoms with Crippen molar-refractivity contribution in [2.75, 3.05) is 7.11 Å². The second-order valence-electron chi connectivity index (χ2n) is 4.56. The fraction of sp³-hybridized carbons (Fsp3) is 0.188. The van der Waals surface area contributed by atoms with Crippen molar-refractivity contribution in [3.8, 4) is 5.75 Å². The standard InChI is InChI=1S/C16H13BrF2O2/c1-21-13-5-6-14(17)11(9-13)8-12(20)7-10-3-2-4-15(18)16(10)19/h2-6,9H,7-8H2,1H3. The summed E-state index contributed by atoms with van der Waals surface area (Å²) in [5.41, 5.74) is 0.815. The topological polar surface area (TPSA) is 26.3 Å². The lowest BCUT2D eigenvalue weighted by Gasteiger charge is -2.07. The summed E-state index contributed by atoms with van der Waals surface area (Å²) in [4.78, 5) is 12.0. The van der Waals surface area contributed by atoms with Crippen LogP contribution in [0.15, 0.2) is 40.9 Å². The van der Waals surface area contributed by atoms with Crippen LogP contribution in [0.2, 0.25) is 0 Å². The van der Waals surface area contributed by atoms with Crippen molar-refractivity contribution in [2.45, 2.75) is 12.8 Å². The number of methoxy groups -OCH3 is 1. The quantitative estimate of drug-likeness (QED) is 0.808. The minimum absolute atomic E-state index is 0.0685. The largest absolute Gasteiger partial charge is 0.497 e. The third kappa shape index (κ3) is 3.88. The number of rotatable bonds is 5. The zero-order valence-corrected chi connectivity index (χ0v) is 12.9. The average Bonchev–Trinajstić information content (AvgIpc) is 2.46. The molecule has 0 amide bonds. The number of ether oxygens (including phenoxy) is 1. The molecule has 0 saturated heterocycles. The highest BCUT2D eigenvalue weighted by molar-refractivity contribution is 9.10. The van der Waals surface area contributed by atoms with E-state index in [1.807, 2.05) is 0 Å². The van der Waals surface area contributed by atoms with Crippen molar-refractivity contribution in [1.82, 2.24) is 0 Å². The van der Waals surface area contributed by atoms with Crippen LogP contribution in [0.25, 0.3) is 0 Å². The molecule has 0 aliphatic heterocycles. The molecular weight excluding hydrogens is 342 g/mol. The maximum atomic E-state index is 13.5. The molecule has 2 rings (SSSR count). The molecule has 0 fully saturated rings. The first-order chi connectivity index (χ1) is 10.0. The van der Waals surface area contributed by atoms with Crippen LogP contribution >= 0.6 is 15.9 Å². The summed E-state index contributed by atoms with van der Waals surface area (Å²) in [6, 6.07) is 9.12. The van der Waals surface area contributed by atoms with Crippen molar-refractivity contribution in [3.05, 3.63) is 63.6 Å². The van der Waals surface area contributed by atoms with E-state index in [4.69, 9.17) is 4.74 Å². The van der Waals surface area contributed by atoms with Crippen molar-refractivity contribution >= 4 is 21.7 Å². The predicted octanol–water partition coefficient (Wildman–Crippen LogP) is 4.09. The maximum absolute atomic E-state index is 13.5. The zero-order chi connectivity index (χ0) is 15.4. The molecule has 0 N–H and O–H groups in total. The van der Waals surface area contributed by atoms with Crippen molar-refractivity contribution in [2.24, 2.45) is 0 Å². The van der Waals surface area contributed by atoms with E-state index in [1.165, 1.54) is 19.2 Å². The lowest BCUT2D eigenvalue weighted by molar-refractivity contribution is -0.117. The Morgan fingerprint density at radius 3 is 2.57 bits per heavy atom. The van der Waals surface area contributed by atoms with Gasteiger partial charge in [0.1, 0.15) is 11.5 Å². The normalized spacial score (nSPS) is 10.5. The van der Waals surface area contributed by atoms with Gasteiger partial charge in [-0.2, -0.15) is 0 Å². The van der Waals surface area contributed by atoms with Gasteiger partial charge in [-0.1, -0.05) is 28.1 Å². The molecule has 0 bridgehead atoms. The van der Waals surface area contributed by atoms with E-state index in [0.29, 0.717) is 5.75 Å². The maximum Gasteiger partial charge on any atom is 0.162 e. The molecular formula is C16H13BrF2O2. The number of halogens is 3. The third-order valence-electron chi connectivity index (χ3n) is 3.06. The van der Waals surface area contributed by atoms with Gasteiger partial charge < -0.3 is 4.74 Å². The number of hydrogen-bond acceptors (Lipinski definition) is 2. The summed E-state index contributed by atoms with van der Waals surface area (Å²) in [5, 5.41) is 0. The lowest BCUT2D eigenvalue weighted by atomic mass is 10.0. The Kier molecular flexibility index (Phi) is 5.07. The SMILES string of the molecule is COc1ccc(Br)c(CC(=O)Cc2cccc(F)c2F)c1. The number of hydrogen-bond donors (Lipinski definition) is 0. The van der Waals surface area contributed by atoms with Crippen LogP contribution in [-0.4, -0.2) is 12.9 Å². The molecule has 0 radical (unpaired) electrons. The molecule has 0 aromatic heterocycles. The van der Waals surface area contributed by atoms with Crippen LogP contribution in [0.3, 0.4) is 0 Å². The first-order valence-corrected chi connectivity index (χ1v) is 7.07. The Bertz CT molecular complexity index is 671. The van der Waals surface area contributed by atoms with E-state index in [9.17, 15) is 13.6 Å². The van der Waals surface area contributed by atoms with Crippen LogP contribution < -0.4 is 4.74 Å². The molecule has 5 heteroatoms. The van der Waals surface area contributed by atoms with Gasteiger partial charge in [-0.25, -0.2) is 8.78 Å². The van der Waals surface area contributed by atoms with E-state index in [0.717, 1.165) is 16.1 Å². The summed E-state index contributed by atoms with van der Waals surface area (Å²) in [7, 11) is 1.54. The molecule has 0 saturated carbocycles. The Morgan fingerprint density at radius 1 is 1.14 bits per heavy atom. The minimum Gasteiger partial charge on any atom is -0.497 e. The molecule has 2 aromatic rings. The van der Waals surface area contributed by atoms with Crippen molar-refractivity contribution in [3.63, 3.8) is 0 Å². The smallest absolute Gasteiger partial charge is 0.162 e. The first-order valence-electron chi connectivity index (χ1n) is 6.28. The molecule has 110 valence electrons. The van der Waals surface area contributed by atoms with Gasteiger partial charge in [0, 0.05) is 17.3 Å². The molecule has 0 unspecified atom stereocenters. The molecule has 0 heterocycles. The van der Waals surface area contributed by atoms with Crippen LogP contribution in [-0.2, 0) is 17.6 Å². The summed E-state index contributed by atoms with van der Waals surface area (Å²) < 4.78 is 32.5. The van der Waals surface area contributed by atoms with Gasteiger partial charge in [-0.05, 0) is 35.4 Å². The molecule has 21 heavy (non-hydrogen) atoms. The van der Waals surface area contributed by atoms with Crippen LogP contribution in [0, 0.1) is 11.6 Å². The Balaban J connectivity index is 2.13. The number of carbonyl (C=O) groups is 1. The van der Waals surface area contributed by atoms with E-state index in [1.54, 1.807) is 18.2 Å². The van der Waals surface area contributed by atoms with Crippen LogP contribution in [0.1, 0.15) is 11.1 Å². The number of benzene rings is 2. The van der Waals surface area contributed by atoms with E-state index >= 15 is 0 Å². The highest BCUT2D eigenvalue weighted by Gasteiger charge is 2.13. The highest BCUT2D eigenvalue weighted by Crippen LogP contribution is 2.23. The minimum atomic E-state index is -0.962. The zero-order valence-electron chi connectivity index (χ0n) is 11.3. The monoisotopic (exact) mass is 354 g/mol. The van der Waals surface area contributed by atoms with Gasteiger partial charge >= 0.3 is 0 Å². The predicted molar refractivity (Wildman–Crippen MR) is 79.5 cm³/mol. The third-order valence-corrected chi connectivity index (χ3v) is 3.83. The van der Waals surface area contributed by atoms with Gasteiger partial charge in [-0.15, -0.1) is 0 Å². The molecule has 0 spiro atoms. The van der Waals surface area contributed by atoms with Gasteiger partial charge in [-0.3, -0.25) is 4.79 Å². The van der Waals surface area contributed by atoms with Gasteiger partial charge in [0.2, 0.25) is 0 Å². The summed E-state index contributed by atoms with van der Waals surface area (Å²) >= 11 is 3.36. The number of ketones is 1. The fourth-order valence-corrected chi connectivity index (χ4v) is 2.37. The Labute approximate surface area is 129 Å². The van der Waals surface area contributed by atoms with E-state index < -0.39 is 11.6 Å². The lowest BCUT2D eigenvalue weighted by Crippen LogP contribution is -2.09. The van der Waals surface area contributed by atoms with Crippen molar-refractivity contribution < 1.29 is 18.3 Å². The Morgan fingerprint density at radius 2 is 1.86 bits per heavy atom. The molecule has 0 atom stereocenters. The molecule has 0 aliphatic carbocycles. The number of carbonyl (C=O) groups excluding carboxylic acids is 1. The second-order valence-corrected chi connectivity index (χ2v) is 5.42. The van der Waals surface area contributed by atoms with Gasteiger partial charge in [0.25, 0.3) is 0 Å². The fourth-order valence-electron chi connectivity index (χ4n) is 1.99. The van der Waals surface area contributed by atoms with Crippen LogP contribution in [0.5, 0.6) is 5.75 Å². The van der Waals surface area contributed by atoms with Crippen LogP contribution in [0.4, 0.5) is 8.78 Å². The molecule has 2 aromatic carbocycles. The molecule has 2 nitrogen and oxygen atoms in total. The first kappa shape index (κ1) is 15.6. The summed E-state index contributed by atoms with van der Waals surface area (Å²) in [6.07, 6.45) is -0.0268.